The number of benzene rings is 2. The molecule has 3 nitrogen and oxygen atoms in total. The summed E-state index contributed by atoms with van der Waals surface area (Å²) >= 11 is 6.91. The first-order valence-electron chi connectivity index (χ1n) is 7.18. The Hall–Kier alpha value is -1.98. The number of hydrogen-bond acceptors (Lipinski definition) is 3. The van der Waals surface area contributed by atoms with E-state index in [9.17, 15) is 0 Å². The highest BCUT2D eigenvalue weighted by Gasteiger charge is 2.06. The smallest absolute Gasteiger partial charge is 0.170 e. The van der Waals surface area contributed by atoms with Gasteiger partial charge < -0.3 is 10.6 Å². The molecule has 0 fully saturated rings. The van der Waals surface area contributed by atoms with Crippen molar-refractivity contribution in [1.29, 1.82) is 0 Å². The van der Waals surface area contributed by atoms with E-state index in [1.165, 1.54) is 10.3 Å². The zero-order valence-corrected chi connectivity index (χ0v) is 14.1. The first-order valence-corrected chi connectivity index (χ1v) is 8.40. The molecule has 0 saturated heterocycles. The van der Waals surface area contributed by atoms with Gasteiger partial charge in [0.15, 0.2) is 5.11 Å². The van der Waals surface area contributed by atoms with Gasteiger partial charge >= 0.3 is 0 Å². The summed E-state index contributed by atoms with van der Waals surface area (Å²) in [5.74, 6) is 0. The Bertz CT molecular complexity index is 806. The maximum atomic E-state index is 5.18. The molecule has 2 N–H and O–H groups in total. The zero-order chi connectivity index (χ0) is 15.5. The molecule has 0 aliphatic heterocycles. The summed E-state index contributed by atoms with van der Waals surface area (Å²) < 4.78 is 1.23. The number of fused-ring (bicyclic) bond motifs is 1. The Morgan fingerprint density at radius 1 is 1.18 bits per heavy atom. The van der Waals surface area contributed by atoms with E-state index in [0.717, 1.165) is 28.3 Å². The van der Waals surface area contributed by atoms with E-state index in [1.54, 1.807) is 11.3 Å². The van der Waals surface area contributed by atoms with E-state index < -0.39 is 0 Å². The van der Waals surface area contributed by atoms with Gasteiger partial charge in [0.25, 0.3) is 0 Å². The second kappa shape index (κ2) is 6.42. The van der Waals surface area contributed by atoms with Gasteiger partial charge in [0.2, 0.25) is 0 Å². The molecule has 112 valence electrons. The minimum atomic E-state index is 0.644. The number of thiocarbonyl (C=S) groups is 1. The Balaban J connectivity index is 1.83. The van der Waals surface area contributed by atoms with E-state index in [1.807, 2.05) is 19.1 Å². The van der Waals surface area contributed by atoms with E-state index >= 15 is 0 Å². The molecular weight excluding hydrogens is 310 g/mol. The fourth-order valence-corrected chi connectivity index (χ4v) is 3.52. The van der Waals surface area contributed by atoms with Crippen LogP contribution >= 0.6 is 23.6 Å². The molecule has 3 aromatic rings. The van der Waals surface area contributed by atoms with Crippen LogP contribution in [0.3, 0.4) is 0 Å². The van der Waals surface area contributed by atoms with Gasteiger partial charge in [-0.25, -0.2) is 4.98 Å². The number of thiazole rings is 1. The number of nitrogens with one attached hydrogen (secondary N) is 2. The summed E-state index contributed by atoms with van der Waals surface area (Å²) in [5.41, 5.74) is 4.42. The lowest BCUT2D eigenvalue weighted by Gasteiger charge is -2.08. The number of anilines is 1. The van der Waals surface area contributed by atoms with Crippen LogP contribution in [0, 0.1) is 6.92 Å². The van der Waals surface area contributed by atoms with E-state index in [4.69, 9.17) is 17.2 Å². The van der Waals surface area contributed by atoms with Crippen LogP contribution in [0.4, 0.5) is 5.69 Å². The molecule has 22 heavy (non-hydrogen) atoms. The van der Waals surface area contributed by atoms with Crippen LogP contribution in [0.5, 0.6) is 0 Å². The topological polar surface area (TPSA) is 37.0 Å². The molecular formula is C17H17N3S2. The van der Waals surface area contributed by atoms with Gasteiger partial charge in [-0.1, -0.05) is 6.07 Å². The molecule has 2 aromatic carbocycles. The van der Waals surface area contributed by atoms with Crippen molar-refractivity contribution in [3.63, 3.8) is 0 Å². The van der Waals surface area contributed by atoms with Gasteiger partial charge in [0, 0.05) is 17.8 Å². The summed E-state index contributed by atoms with van der Waals surface area (Å²) in [7, 11) is 0. The van der Waals surface area contributed by atoms with Crippen molar-refractivity contribution in [2.45, 2.75) is 13.8 Å². The molecule has 3 rings (SSSR count). The van der Waals surface area contributed by atoms with E-state index in [-0.39, 0.29) is 0 Å². The molecule has 0 atom stereocenters. The van der Waals surface area contributed by atoms with Crippen LogP contribution in [0.2, 0.25) is 0 Å². The lowest BCUT2D eigenvalue weighted by Crippen LogP contribution is -2.27. The third-order valence-electron chi connectivity index (χ3n) is 3.27. The molecule has 0 bridgehead atoms. The van der Waals surface area contributed by atoms with Crippen molar-refractivity contribution in [2.24, 2.45) is 0 Å². The van der Waals surface area contributed by atoms with E-state index in [2.05, 4.69) is 47.9 Å². The summed E-state index contributed by atoms with van der Waals surface area (Å²) in [6.07, 6.45) is 0. The average Bonchev–Trinajstić information content (AvgIpc) is 2.91. The third kappa shape index (κ3) is 3.26. The fraction of sp³-hybridized carbons (Fsp3) is 0.176. The normalized spacial score (nSPS) is 10.6. The summed E-state index contributed by atoms with van der Waals surface area (Å²) in [6, 6.07) is 14.5. The largest absolute Gasteiger partial charge is 0.363 e. The van der Waals surface area contributed by atoms with Crippen LogP contribution < -0.4 is 10.6 Å². The molecule has 0 radical (unpaired) electrons. The zero-order valence-electron chi connectivity index (χ0n) is 12.5. The molecule has 0 amide bonds. The number of nitrogens with zero attached hydrogens (tertiary/aromatic N) is 1. The lowest BCUT2D eigenvalue weighted by molar-refractivity contribution is 0.979. The number of hydrogen-bond donors (Lipinski definition) is 2. The predicted octanol–water partition coefficient (Wildman–Crippen LogP) is 4.58. The van der Waals surface area contributed by atoms with Crippen molar-refractivity contribution in [3.8, 4) is 10.6 Å². The minimum Gasteiger partial charge on any atom is -0.363 e. The van der Waals surface area contributed by atoms with Gasteiger partial charge in [-0.15, -0.1) is 11.3 Å². The molecule has 0 spiro atoms. The Kier molecular flexibility index (Phi) is 4.36. The average molecular weight is 327 g/mol. The lowest BCUT2D eigenvalue weighted by atomic mass is 10.2. The van der Waals surface area contributed by atoms with Crippen LogP contribution in [0.1, 0.15) is 12.5 Å². The maximum absolute atomic E-state index is 5.18. The minimum absolute atomic E-state index is 0.644. The molecule has 1 aromatic heterocycles. The third-order valence-corrected chi connectivity index (χ3v) is 4.58. The number of aryl methyl sites for hydroxylation is 1. The highest BCUT2D eigenvalue weighted by atomic mass is 32.1. The molecule has 5 heteroatoms. The quantitative estimate of drug-likeness (QED) is 0.691. The van der Waals surface area contributed by atoms with Gasteiger partial charge in [-0.3, -0.25) is 0 Å². The Morgan fingerprint density at radius 3 is 2.68 bits per heavy atom. The summed E-state index contributed by atoms with van der Waals surface area (Å²) in [6.45, 7) is 4.94. The highest BCUT2D eigenvalue weighted by Crippen LogP contribution is 2.31. The van der Waals surface area contributed by atoms with Crippen molar-refractivity contribution >= 4 is 44.6 Å². The van der Waals surface area contributed by atoms with Crippen LogP contribution in [-0.4, -0.2) is 16.6 Å². The molecule has 0 aliphatic carbocycles. The van der Waals surface area contributed by atoms with Crippen molar-refractivity contribution in [2.75, 3.05) is 11.9 Å². The van der Waals surface area contributed by atoms with Crippen molar-refractivity contribution in [3.05, 3.63) is 48.0 Å². The molecule has 0 aliphatic rings. The van der Waals surface area contributed by atoms with Gasteiger partial charge in [-0.05, 0) is 68.0 Å². The highest BCUT2D eigenvalue weighted by molar-refractivity contribution is 7.80. The van der Waals surface area contributed by atoms with Crippen molar-refractivity contribution in [1.82, 2.24) is 10.3 Å². The van der Waals surface area contributed by atoms with Gasteiger partial charge in [0.05, 0.1) is 10.2 Å². The van der Waals surface area contributed by atoms with E-state index in [0.29, 0.717) is 5.11 Å². The molecule has 1 heterocycles. The van der Waals surface area contributed by atoms with Gasteiger partial charge in [-0.2, -0.15) is 0 Å². The molecule has 0 saturated carbocycles. The summed E-state index contributed by atoms with van der Waals surface area (Å²) in [4.78, 5) is 4.70. The predicted molar refractivity (Wildman–Crippen MR) is 99.7 cm³/mol. The monoisotopic (exact) mass is 327 g/mol. The van der Waals surface area contributed by atoms with Crippen LogP contribution in [0.25, 0.3) is 20.8 Å². The Morgan fingerprint density at radius 2 is 1.95 bits per heavy atom. The standard InChI is InChI=1S/C17H17N3S2/c1-3-18-17(21)19-13-7-5-12(6-8-13)16-20-14-9-4-11(2)10-15(14)22-16/h4-10H,3H2,1-2H3,(H2,18,19,21). The second-order valence-electron chi connectivity index (χ2n) is 5.05. The summed E-state index contributed by atoms with van der Waals surface area (Å²) in [5, 5.41) is 7.92. The number of aromatic nitrogens is 1. The SMILES string of the molecule is CCNC(=S)Nc1ccc(-c2nc3ccc(C)cc3s2)cc1. The first-order chi connectivity index (χ1) is 10.7. The van der Waals surface area contributed by atoms with Gasteiger partial charge in [0.1, 0.15) is 5.01 Å². The molecule has 0 unspecified atom stereocenters. The Labute approximate surface area is 139 Å². The fourth-order valence-electron chi connectivity index (χ4n) is 2.19. The first kappa shape index (κ1) is 14.9. The van der Waals surface area contributed by atoms with Crippen LogP contribution in [0.15, 0.2) is 42.5 Å². The second-order valence-corrected chi connectivity index (χ2v) is 6.49. The maximum Gasteiger partial charge on any atom is 0.170 e. The number of rotatable bonds is 3. The van der Waals surface area contributed by atoms with Crippen molar-refractivity contribution < 1.29 is 0 Å². The van der Waals surface area contributed by atoms with Crippen LogP contribution in [-0.2, 0) is 0 Å².